The van der Waals surface area contributed by atoms with Gasteiger partial charge in [0.25, 0.3) is 0 Å². The van der Waals surface area contributed by atoms with Crippen LogP contribution >= 0.6 is 0 Å². The molecule has 0 spiro atoms. The minimum absolute atomic E-state index is 0.271. The van der Waals surface area contributed by atoms with Crippen molar-refractivity contribution in [3.63, 3.8) is 0 Å². The number of nitrogens with one attached hydrogen (secondary N) is 1. The summed E-state index contributed by atoms with van der Waals surface area (Å²) in [6.45, 7) is 9.17. The van der Waals surface area contributed by atoms with E-state index in [1.807, 2.05) is 0 Å². The predicted octanol–water partition coefficient (Wildman–Crippen LogP) is 1.25. The Labute approximate surface area is 120 Å². The third-order valence-electron chi connectivity index (χ3n) is 3.74. The van der Waals surface area contributed by atoms with Crippen LogP contribution in [0.5, 0.6) is 0 Å². The largest absolute Gasteiger partial charge is 0.384 e. The maximum Gasteiger partial charge on any atom is 0.227 e. The first-order chi connectivity index (χ1) is 9.74. The summed E-state index contributed by atoms with van der Waals surface area (Å²) in [5.41, 5.74) is 0. The van der Waals surface area contributed by atoms with Crippen molar-refractivity contribution in [3.05, 3.63) is 11.7 Å². The zero-order chi connectivity index (χ0) is 14.4. The molecule has 0 aromatic carbocycles. The third kappa shape index (κ3) is 4.01. The number of ether oxygens (including phenoxy) is 1. The van der Waals surface area contributed by atoms with Crippen LogP contribution in [0.4, 0.5) is 0 Å². The van der Waals surface area contributed by atoms with Gasteiger partial charge in [-0.3, -0.25) is 4.90 Å². The van der Waals surface area contributed by atoms with Crippen LogP contribution in [0.1, 0.15) is 38.0 Å². The maximum atomic E-state index is 5.40. The highest BCUT2D eigenvalue weighted by molar-refractivity contribution is 4.96. The average molecular weight is 282 g/mol. The molecule has 1 aliphatic heterocycles. The minimum Gasteiger partial charge on any atom is -0.384 e. The monoisotopic (exact) mass is 282 g/mol. The summed E-state index contributed by atoms with van der Waals surface area (Å²) in [6.07, 6.45) is 1.78. The first kappa shape index (κ1) is 15.4. The molecule has 0 amide bonds. The molecule has 1 saturated heterocycles. The van der Waals surface area contributed by atoms with E-state index < -0.39 is 0 Å². The Kier molecular flexibility index (Phi) is 5.94. The molecule has 2 atom stereocenters. The second kappa shape index (κ2) is 7.71. The van der Waals surface area contributed by atoms with Crippen LogP contribution < -0.4 is 5.32 Å². The Morgan fingerprint density at radius 3 is 2.80 bits per heavy atom. The Balaban J connectivity index is 1.98. The molecule has 1 aromatic heterocycles. The van der Waals surface area contributed by atoms with Crippen molar-refractivity contribution in [2.24, 2.45) is 5.92 Å². The summed E-state index contributed by atoms with van der Waals surface area (Å²) in [5.74, 6) is 1.94. The summed E-state index contributed by atoms with van der Waals surface area (Å²) in [4.78, 5) is 7.02. The lowest BCUT2D eigenvalue weighted by Crippen LogP contribution is -2.45. The van der Waals surface area contributed by atoms with Gasteiger partial charge in [0.2, 0.25) is 5.89 Å². The first-order valence-corrected chi connectivity index (χ1v) is 7.50. The van der Waals surface area contributed by atoms with E-state index in [9.17, 15) is 0 Å². The zero-order valence-electron chi connectivity index (χ0n) is 12.8. The van der Waals surface area contributed by atoms with E-state index in [0.29, 0.717) is 12.5 Å². The molecule has 2 heterocycles. The molecular formula is C14H26N4O2. The second-order valence-corrected chi connectivity index (χ2v) is 5.52. The van der Waals surface area contributed by atoms with Crippen LogP contribution in [0.3, 0.4) is 0 Å². The molecule has 1 aromatic rings. The fourth-order valence-electron chi connectivity index (χ4n) is 2.73. The van der Waals surface area contributed by atoms with Crippen LogP contribution in [-0.4, -0.2) is 54.9 Å². The molecule has 1 aliphatic rings. The van der Waals surface area contributed by atoms with Crippen molar-refractivity contribution in [1.29, 1.82) is 0 Å². The second-order valence-electron chi connectivity index (χ2n) is 5.52. The summed E-state index contributed by atoms with van der Waals surface area (Å²) < 4.78 is 10.5. The highest BCUT2D eigenvalue weighted by Gasteiger charge is 2.25. The van der Waals surface area contributed by atoms with Crippen LogP contribution in [0, 0.1) is 5.92 Å². The number of methoxy groups -OCH3 is 1. The average Bonchev–Trinajstić information content (AvgIpc) is 2.89. The van der Waals surface area contributed by atoms with Crippen molar-refractivity contribution >= 4 is 0 Å². The number of aromatic nitrogens is 2. The van der Waals surface area contributed by atoms with E-state index in [1.165, 1.54) is 0 Å². The lowest BCUT2D eigenvalue weighted by atomic mass is 10.1. The minimum atomic E-state index is 0.271. The van der Waals surface area contributed by atoms with Gasteiger partial charge in [-0.2, -0.15) is 4.98 Å². The van der Waals surface area contributed by atoms with Gasteiger partial charge >= 0.3 is 0 Å². The highest BCUT2D eigenvalue weighted by Crippen LogP contribution is 2.22. The summed E-state index contributed by atoms with van der Waals surface area (Å²) in [5, 5.41) is 7.56. The Morgan fingerprint density at radius 1 is 1.40 bits per heavy atom. The zero-order valence-corrected chi connectivity index (χ0v) is 12.8. The van der Waals surface area contributed by atoms with Gasteiger partial charge in [0.05, 0.1) is 6.04 Å². The van der Waals surface area contributed by atoms with Crippen molar-refractivity contribution < 1.29 is 9.26 Å². The van der Waals surface area contributed by atoms with Crippen LogP contribution in [0.15, 0.2) is 4.52 Å². The molecule has 114 valence electrons. The predicted molar refractivity (Wildman–Crippen MR) is 76.5 cm³/mol. The third-order valence-corrected chi connectivity index (χ3v) is 3.74. The van der Waals surface area contributed by atoms with Crippen LogP contribution in [-0.2, 0) is 11.2 Å². The van der Waals surface area contributed by atoms with E-state index >= 15 is 0 Å². The molecule has 0 radical (unpaired) electrons. The van der Waals surface area contributed by atoms with Gasteiger partial charge in [-0.25, -0.2) is 0 Å². The van der Waals surface area contributed by atoms with E-state index in [2.05, 4.69) is 34.2 Å². The van der Waals surface area contributed by atoms with Gasteiger partial charge < -0.3 is 14.6 Å². The highest BCUT2D eigenvalue weighted by atomic mass is 16.5. The van der Waals surface area contributed by atoms with E-state index in [-0.39, 0.29) is 6.04 Å². The normalized spacial score (nSPS) is 19.9. The molecule has 1 N–H and O–H groups in total. The standard InChI is InChI=1S/C14H26N4O2/c1-4-12(18-7-5-15-6-8-18)14-16-13(20-17-14)9-11(2)10-19-3/h11-12,15H,4-10H2,1-3H3. The lowest BCUT2D eigenvalue weighted by Gasteiger charge is -2.32. The van der Waals surface area contributed by atoms with Crippen molar-refractivity contribution in [1.82, 2.24) is 20.4 Å². The van der Waals surface area contributed by atoms with Gasteiger partial charge in [-0.05, 0) is 12.3 Å². The molecule has 20 heavy (non-hydrogen) atoms. The van der Waals surface area contributed by atoms with Crippen molar-refractivity contribution in [2.75, 3.05) is 39.9 Å². The number of hydrogen-bond acceptors (Lipinski definition) is 6. The topological polar surface area (TPSA) is 63.4 Å². The van der Waals surface area contributed by atoms with Gasteiger partial charge in [0.15, 0.2) is 5.82 Å². The first-order valence-electron chi connectivity index (χ1n) is 7.50. The number of piperazine rings is 1. The van der Waals surface area contributed by atoms with E-state index in [1.54, 1.807) is 7.11 Å². The lowest BCUT2D eigenvalue weighted by molar-refractivity contribution is 0.154. The summed E-state index contributed by atoms with van der Waals surface area (Å²) in [6, 6.07) is 0.271. The van der Waals surface area contributed by atoms with E-state index in [0.717, 1.165) is 50.7 Å². The molecular weight excluding hydrogens is 256 g/mol. The number of hydrogen-bond donors (Lipinski definition) is 1. The quantitative estimate of drug-likeness (QED) is 0.812. The SMILES string of the molecule is CCC(c1noc(CC(C)COC)n1)N1CCNCC1. The molecule has 1 fully saturated rings. The maximum absolute atomic E-state index is 5.40. The molecule has 6 heteroatoms. The van der Waals surface area contributed by atoms with Crippen LogP contribution in [0.25, 0.3) is 0 Å². The smallest absolute Gasteiger partial charge is 0.227 e. The molecule has 2 rings (SSSR count). The van der Waals surface area contributed by atoms with Gasteiger partial charge in [-0.1, -0.05) is 19.0 Å². The fraction of sp³-hybridized carbons (Fsp3) is 0.857. The number of nitrogens with zero attached hydrogens (tertiary/aromatic N) is 3. The Hall–Kier alpha value is -0.980. The fourth-order valence-corrected chi connectivity index (χ4v) is 2.73. The molecule has 0 bridgehead atoms. The van der Waals surface area contributed by atoms with Gasteiger partial charge in [0.1, 0.15) is 0 Å². The van der Waals surface area contributed by atoms with E-state index in [4.69, 9.17) is 9.26 Å². The molecule has 0 saturated carbocycles. The molecule has 2 unspecified atom stereocenters. The van der Waals surface area contributed by atoms with Crippen molar-refractivity contribution in [3.8, 4) is 0 Å². The Bertz CT molecular complexity index is 390. The number of rotatable bonds is 7. The van der Waals surface area contributed by atoms with Crippen LogP contribution in [0.2, 0.25) is 0 Å². The molecule has 6 nitrogen and oxygen atoms in total. The Morgan fingerprint density at radius 2 is 2.15 bits per heavy atom. The van der Waals surface area contributed by atoms with Gasteiger partial charge in [-0.15, -0.1) is 0 Å². The van der Waals surface area contributed by atoms with Crippen molar-refractivity contribution in [2.45, 2.75) is 32.7 Å². The summed E-state index contributed by atoms with van der Waals surface area (Å²) in [7, 11) is 1.72. The summed E-state index contributed by atoms with van der Waals surface area (Å²) >= 11 is 0. The van der Waals surface area contributed by atoms with Gasteiger partial charge in [0, 0.05) is 46.3 Å². The molecule has 0 aliphatic carbocycles.